The summed E-state index contributed by atoms with van der Waals surface area (Å²) in [6.45, 7) is 9.66. The van der Waals surface area contributed by atoms with E-state index in [-0.39, 0.29) is 25.0 Å². The molecule has 190 valence electrons. The van der Waals surface area contributed by atoms with Crippen molar-refractivity contribution in [3.63, 3.8) is 0 Å². The molecule has 0 saturated carbocycles. The van der Waals surface area contributed by atoms with Gasteiger partial charge in [0.25, 0.3) is 0 Å². The SMILES string of the molecule is CC(C)C[C@H](NC(=O)CNC(=O)OCc1ccccc1)C(=O)NCCCNC(=O)OC(C)(C)C. The molecule has 0 radical (unpaired) electrons. The number of alkyl carbamates (subject to hydrolysis) is 2. The fourth-order valence-corrected chi connectivity index (χ4v) is 2.80. The molecule has 10 nitrogen and oxygen atoms in total. The van der Waals surface area contributed by atoms with Gasteiger partial charge in [0, 0.05) is 13.1 Å². The monoisotopic (exact) mass is 478 g/mol. The molecule has 1 rings (SSSR count). The Morgan fingerprint density at radius 1 is 0.912 bits per heavy atom. The molecule has 1 aromatic carbocycles. The molecule has 34 heavy (non-hydrogen) atoms. The standard InChI is InChI=1S/C24H38N4O6/c1-17(2)14-19(21(30)25-12-9-13-26-23(32)34-24(3,4)5)28-20(29)15-27-22(31)33-16-18-10-7-6-8-11-18/h6-8,10-11,17,19H,9,12-16H2,1-5H3,(H,25,30)(H,26,32)(H,27,31)(H,28,29)/t19-/m0/s1. The van der Waals surface area contributed by atoms with Gasteiger partial charge in [-0.25, -0.2) is 9.59 Å². The van der Waals surface area contributed by atoms with Gasteiger partial charge in [-0.15, -0.1) is 0 Å². The van der Waals surface area contributed by atoms with Crippen molar-refractivity contribution in [3.8, 4) is 0 Å². The topological polar surface area (TPSA) is 135 Å². The van der Waals surface area contributed by atoms with E-state index in [1.165, 1.54) is 0 Å². The largest absolute Gasteiger partial charge is 0.445 e. The summed E-state index contributed by atoms with van der Waals surface area (Å²) in [5.74, 6) is -0.663. The minimum absolute atomic E-state index is 0.0927. The van der Waals surface area contributed by atoms with Gasteiger partial charge in [-0.2, -0.15) is 0 Å². The lowest BCUT2D eigenvalue weighted by atomic mass is 10.0. The molecule has 0 aliphatic heterocycles. The van der Waals surface area contributed by atoms with Crippen molar-refractivity contribution in [2.45, 2.75) is 65.7 Å². The zero-order valence-electron chi connectivity index (χ0n) is 20.7. The van der Waals surface area contributed by atoms with Crippen LogP contribution in [0.2, 0.25) is 0 Å². The van der Waals surface area contributed by atoms with Gasteiger partial charge < -0.3 is 30.7 Å². The fourth-order valence-electron chi connectivity index (χ4n) is 2.80. The van der Waals surface area contributed by atoms with Crippen molar-refractivity contribution in [1.82, 2.24) is 21.3 Å². The van der Waals surface area contributed by atoms with Crippen molar-refractivity contribution in [3.05, 3.63) is 35.9 Å². The third kappa shape index (κ3) is 14.0. The summed E-state index contributed by atoms with van der Waals surface area (Å²) < 4.78 is 10.2. The molecule has 0 unspecified atom stereocenters. The van der Waals surface area contributed by atoms with E-state index in [4.69, 9.17) is 9.47 Å². The molecule has 4 amide bonds. The zero-order chi connectivity index (χ0) is 25.6. The molecule has 0 heterocycles. The molecule has 0 aliphatic rings. The van der Waals surface area contributed by atoms with E-state index >= 15 is 0 Å². The lowest BCUT2D eigenvalue weighted by molar-refractivity contribution is -0.128. The quantitative estimate of drug-likeness (QED) is 0.341. The second-order valence-electron chi connectivity index (χ2n) is 9.24. The Hall–Kier alpha value is -3.30. The van der Waals surface area contributed by atoms with Gasteiger partial charge in [0.05, 0.1) is 0 Å². The van der Waals surface area contributed by atoms with Crippen LogP contribution >= 0.6 is 0 Å². The highest BCUT2D eigenvalue weighted by molar-refractivity contribution is 5.89. The molecular formula is C24H38N4O6. The van der Waals surface area contributed by atoms with E-state index in [1.54, 1.807) is 20.8 Å². The number of carbonyl (C=O) groups excluding carboxylic acids is 4. The maximum Gasteiger partial charge on any atom is 0.407 e. The van der Waals surface area contributed by atoms with Crippen LogP contribution in [0, 0.1) is 5.92 Å². The number of hydrogen-bond donors (Lipinski definition) is 4. The number of hydrogen-bond acceptors (Lipinski definition) is 6. The molecule has 0 aliphatic carbocycles. The minimum Gasteiger partial charge on any atom is -0.445 e. The van der Waals surface area contributed by atoms with E-state index in [2.05, 4.69) is 21.3 Å². The molecule has 10 heteroatoms. The van der Waals surface area contributed by atoms with Crippen LogP contribution in [0.15, 0.2) is 30.3 Å². The smallest absolute Gasteiger partial charge is 0.407 e. The van der Waals surface area contributed by atoms with Gasteiger partial charge in [0.2, 0.25) is 11.8 Å². The van der Waals surface area contributed by atoms with Crippen LogP contribution in [0.25, 0.3) is 0 Å². The predicted molar refractivity (Wildman–Crippen MR) is 128 cm³/mol. The normalized spacial score (nSPS) is 11.8. The molecule has 0 fully saturated rings. The highest BCUT2D eigenvalue weighted by Crippen LogP contribution is 2.07. The Balaban J connectivity index is 2.35. The van der Waals surface area contributed by atoms with Crippen molar-refractivity contribution in [1.29, 1.82) is 0 Å². The lowest BCUT2D eigenvalue weighted by Gasteiger charge is -2.21. The van der Waals surface area contributed by atoms with Crippen molar-refractivity contribution in [2.24, 2.45) is 5.92 Å². The van der Waals surface area contributed by atoms with Gasteiger partial charge in [-0.3, -0.25) is 9.59 Å². The number of amides is 4. The highest BCUT2D eigenvalue weighted by atomic mass is 16.6. The predicted octanol–water partition coefficient (Wildman–Crippen LogP) is 2.47. The zero-order valence-corrected chi connectivity index (χ0v) is 20.7. The van der Waals surface area contributed by atoms with Crippen LogP contribution in [-0.4, -0.2) is 55.3 Å². The molecular weight excluding hydrogens is 440 g/mol. The van der Waals surface area contributed by atoms with E-state index < -0.39 is 29.7 Å². The van der Waals surface area contributed by atoms with Crippen molar-refractivity contribution in [2.75, 3.05) is 19.6 Å². The Morgan fingerprint density at radius 2 is 1.56 bits per heavy atom. The Morgan fingerprint density at radius 3 is 2.18 bits per heavy atom. The third-order valence-corrected chi connectivity index (χ3v) is 4.29. The molecule has 0 spiro atoms. The summed E-state index contributed by atoms with van der Waals surface area (Å²) in [7, 11) is 0. The van der Waals surface area contributed by atoms with E-state index in [1.807, 2.05) is 44.2 Å². The van der Waals surface area contributed by atoms with Crippen LogP contribution in [0.4, 0.5) is 9.59 Å². The van der Waals surface area contributed by atoms with Gasteiger partial charge in [0.1, 0.15) is 24.8 Å². The lowest BCUT2D eigenvalue weighted by Crippen LogP contribution is -2.50. The third-order valence-electron chi connectivity index (χ3n) is 4.29. The molecule has 0 bridgehead atoms. The van der Waals surface area contributed by atoms with E-state index in [9.17, 15) is 19.2 Å². The maximum absolute atomic E-state index is 12.5. The minimum atomic E-state index is -0.742. The van der Waals surface area contributed by atoms with Crippen LogP contribution in [-0.2, 0) is 25.7 Å². The summed E-state index contributed by atoms with van der Waals surface area (Å²) in [5.41, 5.74) is 0.255. The first-order chi connectivity index (χ1) is 16.0. The highest BCUT2D eigenvalue weighted by Gasteiger charge is 2.22. The van der Waals surface area contributed by atoms with Crippen LogP contribution in [0.1, 0.15) is 53.0 Å². The van der Waals surface area contributed by atoms with Gasteiger partial charge in [-0.05, 0) is 45.1 Å². The summed E-state index contributed by atoms with van der Waals surface area (Å²) >= 11 is 0. The second kappa shape index (κ2) is 14.8. The molecule has 0 saturated heterocycles. The first-order valence-electron chi connectivity index (χ1n) is 11.4. The average Bonchev–Trinajstić information content (AvgIpc) is 2.74. The molecule has 4 N–H and O–H groups in total. The number of rotatable bonds is 12. The number of benzene rings is 1. The summed E-state index contributed by atoms with van der Waals surface area (Å²) in [4.78, 5) is 48.2. The Kier molecular flexibility index (Phi) is 12.5. The van der Waals surface area contributed by atoms with Gasteiger partial charge >= 0.3 is 12.2 Å². The van der Waals surface area contributed by atoms with Crippen molar-refractivity contribution < 1.29 is 28.7 Å². The average molecular weight is 479 g/mol. The summed E-state index contributed by atoms with van der Waals surface area (Å²) in [6.07, 6.45) is -0.297. The molecule has 1 aromatic rings. The first-order valence-corrected chi connectivity index (χ1v) is 11.4. The van der Waals surface area contributed by atoms with Crippen LogP contribution < -0.4 is 21.3 Å². The second-order valence-corrected chi connectivity index (χ2v) is 9.24. The maximum atomic E-state index is 12.5. The molecule has 1 atom stereocenters. The van der Waals surface area contributed by atoms with Crippen molar-refractivity contribution >= 4 is 24.0 Å². The van der Waals surface area contributed by atoms with Crippen LogP contribution in [0.5, 0.6) is 0 Å². The van der Waals surface area contributed by atoms with Crippen LogP contribution in [0.3, 0.4) is 0 Å². The van der Waals surface area contributed by atoms with Gasteiger partial charge in [-0.1, -0.05) is 44.2 Å². The molecule has 0 aromatic heterocycles. The number of carbonyl (C=O) groups is 4. The Labute approximate surface area is 201 Å². The van der Waals surface area contributed by atoms with E-state index in [0.29, 0.717) is 25.9 Å². The van der Waals surface area contributed by atoms with E-state index in [0.717, 1.165) is 5.56 Å². The first kappa shape index (κ1) is 28.7. The summed E-state index contributed by atoms with van der Waals surface area (Å²) in [5, 5.41) is 10.4. The van der Waals surface area contributed by atoms with Gasteiger partial charge in [0.15, 0.2) is 0 Å². The number of nitrogens with one attached hydrogen (secondary N) is 4. The Bertz CT molecular complexity index is 792. The summed E-state index contributed by atoms with van der Waals surface area (Å²) in [6, 6.07) is 8.43. The number of ether oxygens (including phenoxy) is 2. The fraction of sp³-hybridized carbons (Fsp3) is 0.583.